The number of aliphatic hydroxyl groups is 2. The first-order valence-electron chi connectivity index (χ1n) is 7.09. The SMILES string of the molecule is O=C(Nc1ccc(-c2ccn[nH]2)cc1)N1CCC(O)(CO)C1. The molecule has 1 saturated heterocycles. The summed E-state index contributed by atoms with van der Waals surface area (Å²) in [7, 11) is 0. The van der Waals surface area contributed by atoms with Crippen molar-refractivity contribution in [2.75, 3.05) is 25.0 Å². The van der Waals surface area contributed by atoms with Crippen LogP contribution >= 0.6 is 0 Å². The molecule has 116 valence electrons. The Kier molecular flexibility index (Phi) is 3.82. The number of benzene rings is 1. The van der Waals surface area contributed by atoms with Gasteiger partial charge in [-0.1, -0.05) is 12.1 Å². The fourth-order valence-electron chi connectivity index (χ4n) is 2.51. The van der Waals surface area contributed by atoms with Crippen LogP contribution in [0.5, 0.6) is 0 Å². The first-order chi connectivity index (χ1) is 10.6. The number of aliphatic hydroxyl groups excluding tert-OH is 1. The fraction of sp³-hybridized carbons (Fsp3) is 0.333. The Labute approximate surface area is 127 Å². The standard InChI is InChI=1S/C15H18N4O3/c20-10-15(22)6-8-19(9-15)14(21)17-12-3-1-11(2-4-12)13-5-7-16-18-13/h1-5,7,20,22H,6,8-10H2,(H,16,18)(H,17,21). The quantitative estimate of drug-likeness (QED) is 0.680. The van der Waals surface area contributed by atoms with Crippen LogP contribution in [-0.4, -0.2) is 56.6 Å². The van der Waals surface area contributed by atoms with E-state index < -0.39 is 5.60 Å². The molecule has 1 aliphatic rings. The van der Waals surface area contributed by atoms with Crippen LogP contribution in [0.1, 0.15) is 6.42 Å². The summed E-state index contributed by atoms with van der Waals surface area (Å²) in [6.45, 7) is 0.229. The van der Waals surface area contributed by atoms with Crippen molar-refractivity contribution in [2.24, 2.45) is 0 Å². The number of aromatic amines is 1. The van der Waals surface area contributed by atoms with E-state index in [1.807, 2.05) is 30.3 Å². The van der Waals surface area contributed by atoms with Crippen LogP contribution in [0.3, 0.4) is 0 Å². The maximum atomic E-state index is 12.1. The van der Waals surface area contributed by atoms with E-state index in [2.05, 4.69) is 15.5 Å². The minimum atomic E-state index is -1.18. The second-order valence-electron chi connectivity index (χ2n) is 5.53. The first kappa shape index (κ1) is 14.6. The number of carbonyl (C=O) groups excluding carboxylic acids is 1. The van der Waals surface area contributed by atoms with Crippen LogP contribution in [0.25, 0.3) is 11.3 Å². The van der Waals surface area contributed by atoms with E-state index in [1.165, 1.54) is 4.90 Å². The minimum Gasteiger partial charge on any atom is -0.393 e. The van der Waals surface area contributed by atoms with Crippen LogP contribution in [0.15, 0.2) is 36.5 Å². The molecule has 2 aromatic rings. The van der Waals surface area contributed by atoms with Crippen molar-refractivity contribution in [1.82, 2.24) is 15.1 Å². The van der Waals surface area contributed by atoms with Crippen molar-refractivity contribution in [1.29, 1.82) is 0 Å². The zero-order valence-electron chi connectivity index (χ0n) is 12.0. The zero-order valence-corrected chi connectivity index (χ0v) is 12.0. The Bertz CT molecular complexity index is 641. The van der Waals surface area contributed by atoms with Crippen molar-refractivity contribution in [3.05, 3.63) is 36.5 Å². The van der Waals surface area contributed by atoms with Gasteiger partial charge in [0, 0.05) is 18.4 Å². The predicted octanol–water partition coefficient (Wildman–Crippen LogP) is 1.04. The lowest BCUT2D eigenvalue weighted by Gasteiger charge is -2.21. The third-order valence-electron chi connectivity index (χ3n) is 3.86. The molecule has 1 aromatic carbocycles. The molecular weight excluding hydrogens is 284 g/mol. The number of hydrogen-bond acceptors (Lipinski definition) is 4. The molecule has 0 aliphatic carbocycles. The largest absolute Gasteiger partial charge is 0.393 e. The van der Waals surface area contributed by atoms with Gasteiger partial charge in [-0.2, -0.15) is 5.10 Å². The summed E-state index contributed by atoms with van der Waals surface area (Å²) in [6, 6.07) is 8.98. The van der Waals surface area contributed by atoms with Crippen molar-refractivity contribution < 1.29 is 15.0 Å². The number of hydrogen-bond donors (Lipinski definition) is 4. The van der Waals surface area contributed by atoms with E-state index >= 15 is 0 Å². The van der Waals surface area contributed by atoms with Gasteiger partial charge < -0.3 is 20.4 Å². The Morgan fingerprint density at radius 1 is 1.36 bits per heavy atom. The summed E-state index contributed by atoms with van der Waals surface area (Å²) in [5.41, 5.74) is 1.38. The number of H-pyrrole nitrogens is 1. The number of rotatable bonds is 3. The van der Waals surface area contributed by atoms with Crippen LogP contribution in [0.4, 0.5) is 10.5 Å². The number of β-amino-alcohol motifs (C(OH)–C–C–N with tert-alkyl or cyclic N) is 1. The second kappa shape index (κ2) is 5.78. The molecule has 22 heavy (non-hydrogen) atoms. The van der Waals surface area contributed by atoms with E-state index in [4.69, 9.17) is 5.11 Å². The van der Waals surface area contributed by atoms with Gasteiger partial charge in [-0.3, -0.25) is 5.10 Å². The molecule has 0 spiro atoms. The Morgan fingerprint density at radius 2 is 2.14 bits per heavy atom. The van der Waals surface area contributed by atoms with E-state index in [-0.39, 0.29) is 19.2 Å². The smallest absolute Gasteiger partial charge is 0.321 e. The highest BCUT2D eigenvalue weighted by atomic mass is 16.3. The van der Waals surface area contributed by atoms with Gasteiger partial charge in [0.2, 0.25) is 0 Å². The normalized spacial score (nSPS) is 21.1. The summed E-state index contributed by atoms with van der Waals surface area (Å²) in [5.74, 6) is 0. The number of likely N-dealkylation sites (tertiary alicyclic amines) is 1. The van der Waals surface area contributed by atoms with Gasteiger partial charge in [0.15, 0.2) is 0 Å². The number of nitrogens with zero attached hydrogens (tertiary/aromatic N) is 2. The average molecular weight is 302 g/mol. The summed E-state index contributed by atoms with van der Waals surface area (Å²) >= 11 is 0. The third-order valence-corrected chi connectivity index (χ3v) is 3.86. The highest BCUT2D eigenvalue weighted by Crippen LogP contribution is 2.22. The first-order valence-corrected chi connectivity index (χ1v) is 7.09. The van der Waals surface area contributed by atoms with Crippen LogP contribution in [-0.2, 0) is 0 Å². The summed E-state index contributed by atoms with van der Waals surface area (Å²) < 4.78 is 0. The Hall–Kier alpha value is -2.38. The van der Waals surface area contributed by atoms with Gasteiger partial charge in [-0.05, 0) is 30.2 Å². The maximum Gasteiger partial charge on any atom is 0.321 e. The molecule has 1 atom stereocenters. The summed E-state index contributed by atoms with van der Waals surface area (Å²) in [6.07, 6.45) is 2.07. The van der Waals surface area contributed by atoms with Crippen LogP contribution < -0.4 is 5.32 Å². The molecule has 7 heteroatoms. The third kappa shape index (κ3) is 2.95. The highest BCUT2D eigenvalue weighted by Gasteiger charge is 2.37. The summed E-state index contributed by atoms with van der Waals surface area (Å²) in [5, 5.41) is 28.6. The molecule has 0 bridgehead atoms. The van der Waals surface area contributed by atoms with E-state index in [9.17, 15) is 9.90 Å². The monoisotopic (exact) mass is 302 g/mol. The van der Waals surface area contributed by atoms with E-state index in [1.54, 1.807) is 6.20 Å². The van der Waals surface area contributed by atoms with Crippen molar-refractivity contribution in [2.45, 2.75) is 12.0 Å². The fourth-order valence-corrected chi connectivity index (χ4v) is 2.51. The van der Waals surface area contributed by atoms with Crippen LogP contribution in [0.2, 0.25) is 0 Å². The van der Waals surface area contributed by atoms with Gasteiger partial charge >= 0.3 is 6.03 Å². The predicted molar refractivity (Wildman–Crippen MR) is 81.3 cm³/mol. The summed E-state index contributed by atoms with van der Waals surface area (Å²) in [4.78, 5) is 13.6. The number of nitrogens with one attached hydrogen (secondary N) is 2. The molecule has 4 N–H and O–H groups in total. The van der Waals surface area contributed by atoms with Crippen molar-refractivity contribution >= 4 is 11.7 Å². The lowest BCUT2D eigenvalue weighted by atomic mass is 10.1. The zero-order chi connectivity index (χ0) is 15.6. The molecule has 0 saturated carbocycles. The molecule has 1 unspecified atom stereocenters. The number of carbonyl (C=O) groups is 1. The molecule has 1 fully saturated rings. The maximum absolute atomic E-state index is 12.1. The minimum absolute atomic E-state index is 0.140. The van der Waals surface area contributed by atoms with Crippen molar-refractivity contribution in [3.8, 4) is 11.3 Å². The number of aromatic nitrogens is 2. The Morgan fingerprint density at radius 3 is 2.73 bits per heavy atom. The topological polar surface area (TPSA) is 101 Å². The second-order valence-corrected chi connectivity index (χ2v) is 5.53. The molecular formula is C15H18N4O3. The number of urea groups is 1. The number of amides is 2. The van der Waals surface area contributed by atoms with Crippen molar-refractivity contribution in [3.63, 3.8) is 0 Å². The molecule has 1 aromatic heterocycles. The molecule has 2 heterocycles. The van der Waals surface area contributed by atoms with E-state index in [0.717, 1.165) is 11.3 Å². The van der Waals surface area contributed by atoms with Gasteiger partial charge in [-0.25, -0.2) is 4.79 Å². The highest BCUT2D eigenvalue weighted by molar-refractivity contribution is 5.89. The van der Waals surface area contributed by atoms with Crippen LogP contribution in [0, 0.1) is 0 Å². The molecule has 1 aliphatic heterocycles. The lowest BCUT2D eigenvalue weighted by Crippen LogP contribution is -2.40. The molecule has 3 rings (SSSR count). The average Bonchev–Trinajstić information content (AvgIpc) is 3.18. The van der Waals surface area contributed by atoms with Gasteiger partial charge in [0.25, 0.3) is 0 Å². The van der Waals surface area contributed by atoms with Gasteiger partial charge in [0.1, 0.15) is 5.60 Å². The Balaban J connectivity index is 1.63. The lowest BCUT2D eigenvalue weighted by molar-refractivity contribution is -0.00246. The van der Waals surface area contributed by atoms with Gasteiger partial charge in [-0.15, -0.1) is 0 Å². The molecule has 0 radical (unpaired) electrons. The molecule has 2 amide bonds. The number of anilines is 1. The molecule has 7 nitrogen and oxygen atoms in total. The van der Waals surface area contributed by atoms with Gasteiger partial charge in [0.05, 0.1) is 18.8 Å². The van der Waals surface area contributed by atoms with E-state index in [0.29, 0.717) is 18.7 Å².